The van der Waals surface area contributed by atoms with E-state index in [4.69, 9.17) is 13.3 Å². The summed E-state index contributed by atoms with van der Waals surface area (Å²) in [6.07, 6.45) is 0. The quantitative estimate of drug-likeness (QED) is 0.165. The zero-order chi connectivity index (χ0) is 49.9. The topological polar surface area (TPSA) is 77.4 Å². The molecule has 11 aromatic carbocycles. The molecule has 7 nitrogen and oxygen atoms in total. The monoisotopic (exact) mass is 986 g/mol. The minimum absolute atomic E-state index is 0.332. The van der Waals surface area contributed by atoms with Gasteiger partial charge in [-0.3, -0.25) is 0 Å². The summed E-state index contributed by atoms with van der Waals surface area (Å²) in [5.74, 6) is 0. The molecule has 0 spiro atoms. The second-order valence-electron chi connectivity index (χ2n) is 19.5. The smallest absolute Gasteiger partial charge is 0.220 e. The lowest BCUT2D eigenvalue weighted by Crippen LogP contribution is -2.09. The van der Waals surface area contributed by atoms with Crippen LogP contribution in [0.15, 0.2) is 220 Å². The van der Waals surface area contributed by atoms with Crippen molar-refractivity contribution in [3.05, 3.63) is 223 Å². The van der Waals surface area contributed by atoms with Crippen LogP contribution in [-0.2, 0) is 0 Å². The van der Waals surface area contributed by atoms with Crippen LogP contribution < -0.4 is 0 Å². The number of benzene rings is 11. The van der Waals surface area contributed by atoms with Crippen LogP contribution in [0.4, 0.5) is 5.69 Å². The van der Waals surface area contributed by atoms with Gasteiger partial charge in [-0.2, -0.15) is 5.26 Å². The maximum Gasteiger partial charge on any atom is 0.220 e. The van der Waals surface area contributed by atoms with Crippen molar-refractivity contribution < 1.29 is 13.3 Å². The van der Waals surface area contributed by atoms with E-state index in [-0.39, 0.29) is 0 Å². The van der Waals surface area contributed by atoms with E-state index in [9.17, 15) is 11.8 Å². The molecule has 0 atom stereocenters. The third kappa shape index (κ3) is 5.27. The van der Waals surface area contributed by atoms with Gasteiger partial charge in [0.05, 0.1) is 50.3 Å². The van der Waals surface area contributed by atoms with E-state index >= 15 is 0 Å². The fourth-order valence-electron chi connectivity index (χ4n) is 12.7. The predicted molar refractivity (Wildman–Crippen MR) is 312 cm³/mol. The average Bonchev–Trinajstić information content (AvgIpc) is 4.41. The van der Waals surface area contributed by atoms with Crippen LogP contribution in [0.1, 0.15) is 5.56 Å². The zero-order valence-corrected chi connectivity index (χ0v) is 40.9. The van der Waals surface area contributed by atoms with E-state index in [2.05, 4.69) is 123 Å². The maximum atomic E-state index is 12.3. The van der Waals surface area contributed by atoms with Gasteiger partial charge in [-0.25, -0.2) is 4.85 Å². The van der Waals surface area contributed by atoms with Crippen LogP contribution in [0.5, 0.6) is 0 Å². The number of furan rings is 3. The van der Waals surface area contributed by atoms with Gasteiger partial charge in [0.2, 0.25) is 5.69 Å². The third-order valence-electron chi connectivity index (χ3n) is 15.8. The van der Waals surface area contributed by atoms with Gasteiger partial charge in [0.25, 0.3) is 0 Å². The molecule has 17 aromatic rings. The Morgan fingerprint density at radius 2 is 0.776 bits per heavy atom. The molecule has 0 bridgehead atoms. The molecule has 6 heterocycles. The molecule has 0 aliphatic rings. The highest BCUT2D eigenvalue weighted by Gasteiger charge is 2.35. The number of thiophene rings is 1. The average molecular weight is 987 g/mol. The van der Waals surface area contributed by atoms with Crippen molar-refractivity contribution in [2.75, 3.05) is 0 Å². The van der Waals surface area contributed by atoms with Crippen molar-refractivity contribution in [2.45, 2.75) is 0 Å². The highest BCUT2D eigenvalue weighted by Crippen LogP contribution is 2.56. The molecule has 0 saturated carbocycles. The molecule has 350 valence electrons. The first-order valence-corrected chi connectivity index (χ1v) is 26.0. The van der Waals surface area contributed by atoms with Crippen LogP contribution in [0.2, 0.25) is 0 Å². The second kappa shape index (κ2) is 15.1. The van der Waals surface area contributed by atoms with E-state index in [0.717, 1.165) is 124 Å². The zero-order valence-electron chi connectivity index (χ0n) is 40.1. The molecule has 0 unspecified atom stereocenters. The number of hydrogen-bond acceptors (Lipinski definition) is 5. The summed E-state index contributed by atoms with van der Waals surface area (Å²) in [7, 11) is 0. The summed E-state index contributed by atoms with van der Waals surface area (Å²) < 4.78 is 28.1. The molecule has 0 aliphatic carbocycles. The maximum absolute atomic E-state index is 12.3. The molecular formula is C68H34N4O3S. The first-order chi connectivity index (χ1) is 37.7. The van der Waals surface area contributed by atoms with Gasteiger partial charge in [0.1, 0.15) is 22.8 Å². The fraction of sp³-hybridized carbons (Fsp3) is 0. The Bertz CT molecular complexity index is 4940. The minimum Gasteiger partial charge on any atom is -0.454 e. The van der Waals surface area contributed by atoms with E-state index < -0.39 is 0 Å². The number of nitriles is 1. The summed E-state index contributed by atoms with van der Waals surface area (Å²) in [5, 5.41) is 24.3. The summed E-state index contributed by atoms with van der Waals surface area (Å²) >= 11 is 1.75. The van der Waals surface area contributed by atoms with E-state index in [1.165, 1.54) is 0 Å². The van der Waals surface area contributed by atoms with Crippen LogP contribution in [-0.4, -0.2) is 9.13 Å². The summed E-state index contributed by atoms with van der Waals surface area (Å²) in [4.78, 5) is 4.67. The Labute approximate surface area is 434 Å². The lowest BCUT2D eigenvalue weighted by molar-refractivity contribution is 0.669. The van der Waals surface area contributed by atoms with Crippen LogP contribution in [0.25, 0.3) is 168 Å². The molecule has 0 N–H and O–H groups in total. The number of para-hydroxylation sites is 3. The van der Waals surface area contributed by atoms with E-state index in [0.29, 0.717) is 50.5 Å². The number of fused-ring (bicyclic) bond motifs is 22. The van der Waals surface area contributed by atoms with Crippen LogP contribution >= 0.6 is 11.3 Å². The molecule has 0 radical (unpaired) electrons. The Kier molecular flexibility index (Phi) is 8.17. The minimum atomic E-state index is 0.332. The highest BCUT2D eigenvalue weighted by atomic mass is 32.1. The summed E-state index contributed by atoms with van der Waals surface area (Å²) in [6.45, 7) is 9.62. The molecule has 0 saturated heterocycles. The van der Waals surface area contributed by atoms with Gasteiger partial charge in [0, 0.05) is 80.5 Å². The second-order valence-corrected chi connectivity index (χ2v) is 20.6. The predicted octanol–water partition coefficient (Wildman–Crippen LogP) is 19.7. The Balaban J connectivity index is 1.20. The Morgan fingerprint density at radius 3 is 1.26 bits per heavy atom. The molecule has 76 heavy (non-hydrogen) atoms. The first kappa shape index (κ1) is 41.1. The number of aromatic nitrogens is 2. The normalized spacial score (nSPS) is 12.2. The molecule has 6 aromatic heterocycles. The molecule has 0 amide bonds. The lowest BCUT2D eigenvalue weighted by Gasteiger charge is -2.25. The SMILES string of the molecule is [C-]#[N+]c1c(-c2ccccc2)c(C#N)c(-n2c3c(ccc4c5ccccc5oc43)c3ccc4c5ccccc5oc4c32)c(-c2ccccc2)c1-n1c2c(ccc3c4ccccc4oc32)c2ccc3c4ccccc4sc3c21. The van der Waals surface area contributed by atoms with Crippen molar-refractivity contribution in [1.29, 1.82) is 5.26 Å². The Morgan fingerprint density at radius 1 is 0.382 bits per heavy atom. The van der Waals surface area contributed by atoms with Gasteiger partial charge in [-0.15, -0.1) is 11.3 Å². The van der Waals surface area contributed by atoms with E-state index in [1.54, 1.807) is 11.3 Å². The summed E-state index contributed by atoms with van der Waals surface area (Å²) in [5.41, 5.74) is 12.3. The van der Waals surface area contributed by atoms with Gasteiger partial charge >= 0.3 is 0 Å². The highest BCUT2D eigenvalue weighted by molar-refractivity contribution is 7.26. The lowest BCUT2D eigenvalue weighted by atomic mass is 9.88. The molecule has 8 heteroatoms. The van der Waals surface area contributed by atoms with Crippen LogP contribution in [0.3, 0.4) is 0 Å². The van der Waals surface area contributed by atoms with Crippen molar-refractivity contribution in [3.8, 4) is 39.7 Å². The number of rotatable bonds is 4. The molecular weight excluding hydrogens is 953 g/mol. The van der Waals surface area contributed by atoms with Crippen LogP contribution in [0, 0.1) is 17.9 Å². The first-order valence-electron chi connectivity index (χ1n) is 25.2. The van der Waals surface area contributed by atoms with Crippen molar-refractivity contribution in [1.82, 2.24) is 9.13 Å². The van der Waals surface area contributed by atoms with Crippen molar-refractivity contribution in [2.24, 2.45) is 0 Å². The largest absolute Gasteiger partial charge is 0.454 e. The Hall–Kier alpha value is -10.4. The van der Waals surface area contributed by atoms with E-state index in [1.807, 2.05) is 103 Å². The van der Waals surface area contributed by atoms with Gasteiger partial charge < -0.3 is 22.4 Å². The third-order valence-corrected chi connectivity index (χ3v) is 17.0. The number of hydrogen-bond donors (Lipinski definition) is 0. The van der Waals surface area contributed by atoms with Gasteiger partial charge in [-0.05, 0) is 53.6 Å². The van der Waals surface area contributed by atoms with Crippen molar-refractivity contribution in [3.63, 3.8) is 0 Å². The van der Waals surface area contributed by atoms with Gasteiger partial charge in [-0.1, -0.05) is 164 Å². The standard InChI is InChI=1S/C68H34N4O3S/c1-70-58-56(37-16-4-2-5-17-37)51(36-69)59(71-60-43(28-32-47-39-20-8-12-24-52(39)73-65(47)60)44-29-33-48-40-21-9-13-25-53(40)74-66(48)61(44)71)57(38-18-6-3-7-19-38)64(58)72-62-45(30-34-49-41-22-10-14-26-54(41)75-67(49)62)46-31-35-50-42-23-11-15-27-55(42)76-68(50)63(46)72/h2-35H. The number of nitrogens with zero attached hydrogens (tertiary/aromatic N) is 4. The summed E-state index contributed by atoms with van der Waals surface area (Å²) in [6, 6.07) is 73.6. The molecule has 0 fully saturated rings. The van der Waals surface area contributed by atoms with Crippen molar-refractivity contribution >= 4 is 147 Å². The fourth-order valence-corrected chi connectivity index (χ4v) is 13.9. The van der Waals surface area contributed by atoms with Gasteiger partial charge in [0.15, 0.2) is 16.7 Å². The molecule has 0 aliphatic heterocycles. The molecule has 17 rings (SSSR count).